The van der Waals surface area contributed by atoms with Gasteiger partial charge < -0.3 is 10.0 Å². The maximum absolute atomic E-state index is 13.2. The van der Waals surface area contributed by atoms with Crippen LogP contribution in [0.25, 0.3) is 10.4 Å². The van der Waals surface area contributed by atoms with Crippen molar-refractivity contribution in [3.05, 3.63) is 76.1 Å². The first-order valence-corrected chi connectivity index (χ1v) is 10.7. The molecule has 1 aromatic heterocycles. The van der Waals surface area contributed by atoms with Crippen LogP contribution in [0, 0.1) is 5.92 Å². The molecule has 148 valence electrons. The summed E-state index contributed by atoms with van der Waals surface area (Å²) in [4.78, 5) is 27.9. The predicted molar refractivity (Wildman–Crippen MR) is 117 cm³/mol. The maximum Gasteiger partial charge on any atom is 0.348 e. The van der Waals surface area contributed by atoms with E-state index in [0.29, 0.717) is 17.3 Å². The Kier molecular flexibility index (Phi) is 5.69. The molecule has 1 saturated carbocycles. The Balaban J connectivity index is 1.76. The largest absolute Gasteiger partial charge is 0.477 e. The molecule has 1 amide bonds. The van der Waals surface area contributed by atoms with Gasteiger partial charge in [-0.05, 0) is 42.2 Å². The third-order valence-electron chi connectivity index (χ3n) is 5.23. The molecule has 0 atom stereocenters. The van der Waals surface area contributed by atoms with Crippen LogP contribution in [-0.4, -0.2) is 17.0 Å². The number of anilines is 1. The van der Waals surface area contributed by atoms with Crippen LogP contribution < -0.4 is 4.90 Å². The van der Waals surface area contributed by atoms with Crippen molar-refractivity contribution in [2.24, 2.45) is 5.92 Å². The number of hydrogen-bond donors (Lipinski definition) is 1. The molecule has 4 rings (SSSR count). The van der Waals surface area contributed by atoms with Gasteiger partial charge in [0.25, 0.3) is 0 Å². The minimum atomic E-state index is -1.02. The highest BCUT2D eigenvalue weighted by atomic mass is 35.5. The average Bonchev–Trinajstić information content (AvgIpc) is 3.12. The summed E-state index contributed by atoms with van der Waals surface area (Å²) in [6.45, 7) is 0.317. The molecule has 1 aliphatic rings. The first-order chi connectivity index (χ1) is 14.0. The van der Waals surface area contributed by atoms with E-state index in [1.807, 2.05) is 48.5 Å². The number of nitrogens with zero attached hydrogens (tertiary/aromatic N) is 1. The normalized spacial score (nSPS) is 13.7. The molecule has 3 aromatic rings. The molecule has 29 heavy (non-hydrogen) atoms. The van der Waals surface area contributed by atoms with Gasteiger partial charge in [-0.2, -0.15) is 0 Å². The average molecular weight is 426 g/mol. The second kappa shape index (κ2) is 8.39. The lowest BCUT2D eigenvalue weighted by Crippen LogP contribution is -2.39. The maximum atomic E-state index is 13.2. The van der Waals surface area contributed by atoms with Crippen LogP contribution in [0.1, 0.15) is 34.5 Å². The number of carboxylic acids is 1. The van der Waals surface area contributed by atoms with Gasteiger partial charge in [0.2, 0.25) is 5.91 Å². The van der Waals surface area contributed by atoms with Crippen molar-refractivity contribution >= 4 is 40.5 Å². The SMILES string of the molecule is O=C(O)c1sc(-c2ccccc2)cc1N(Cc1ccc(Cl)cc1)C(=O)C1CCC1. The van der Waals surface area contributed by atoms with Crippen LogP contribution in [0.4, 0.5) is 5.69 Å². The number of hydrogen-bond acceptors (Lipinski definition) is 3. The number of carboxylic acid groups (broad SMARTS) is 1. The molecule has 0 saturated heterocycles. The summed E-state index contributed by atoms with van der Waals surface area (Å²) >= 11 is 7.19. The van der Waals surface area contributed by atoms with Gasteiger partial charge in [0.1, 0.15) is 4.88 Å². The fourth-order valence-corrected chi connectivity index (χ4v) is 4.54. The number of carbonyl (C=O) groups excluding carboxylic acids is 1. The topological polar surface area (TPSA) is 57.6 Å². The van der Waals surface area contributed by atoms with Gasteiger partial charge in [0, 0.05) is 15.8 Å². The van der Waals surface area contributed by atoms with E-state index in [0.717, 1.165) is 35.3 Å². The predicted octanol–water partition coefficient (Wildman–Crippen LogP) is 6.10. The van der Waals surface area contributed by atoms with Crippen LogP contribution in [0.2, 0.25) is 5.02 Å². The van der Waals surface area contributed by atoms with E-state index < -0.39 is 5.97 Å². The number of halogens is 1. The lowest BCUT2D eigenvalue weighted by atomic mass is 9.84. The third-order valence-corrected chi connectivity index (χ3v) is 6.64. The molecule has 0 spiro atoms. The molecule has 1 N–H and O–H groups in total. The highest BCUT2D eigenvalue weighted by Crippen LogP contribution is 2.39. The van der Waals surface area contributed by atoms with Crippen molar-refractivity contribution in [2.45, 2.75) is 25.8 Å². The molecular formula is C23H20ClNO3S. The fourth-order valence-electron chi connectivity index (χ4n) is 3.41. The molecule has 2 aromatic carbocycles. The van der Waals surface area contributed by atoms with Crippen molar-refractivity contribution in [2.75, 3.05) is 4.90 Å². The second-order valence-electron chi connectivity index (χ2n) is 7.17. The summed E-state index contributed by atoms with van der Waals surface area (Å²) < 4.78 is 0. The van der Waals surface area contributed by atoms with Crippen molar-refractivity contribution in [1.29, 1.82) is 0 Å². The van der Waals surface area contributed by atoms with Crippen LogP contribution in [0.3, 0.4) is 0 Å². The molecular weight excluding hydrogens is 406 g/mol. The van der Waals surface area contributed by atoms with Crippen LogP contribution >= 0.6 is 22.9 Å². The zero-order chi connectivity index (χ0) is 20.4. The number of amides is 1. The van der Waals surface area contributed by atoms with Gasteiger partial charge in [-0.15, -0.1) is 11.3 Å². The van der Waals surface area contributed by atoms with Crippen molar-refractivity contribution in [3.63, 3.8) is 0 Å². The first kappa shape index (κ1) is 19.7. The lowest BCUT2D eigenvalue weighted by molar-refractivity contribution is -0.124. The molecule has 1 aliphatic carbocycles. The van der Waals surface area contributed by atoms with Crippen molar-refractivity contribution < 1.29 is 14.7 Å². The van der Waals surface area contributed by atoms with Gasteiger partial charge in [-0.1, -0.05) is 60.5 Å². The Morgan fingerprint density at radius 3 is 2.34 bits per heavy atom. The van der Waals surface area contributed by atoms with Crippen LogP contribution in [0.15, 0.2) is 60.7 Å². The summed E-state index contributed by atoms with van der Waals surface area (Å²) in [5.74, 6) is -1.06. The van der Waals surface area contributed by atoms with E-state index in [2.05, 4.69) is 0 Å². The second-order valence-corrected chi connectivity index (χ2v) is 8.66. The van der Waals surface area contributed by atoms with E-state index in [-0.39, 0.29) is 16.7 Å². The molecule has 0 bridgehead atoms. The minimum absolute atomic E-state index is 0.00823. The third kappa shape index (κ3) is 4.21. The number of rotatable bonds is 6. The molecule has 4 nitrogen and oxygen atoms in total. The van der Waals surface area contributed by atoms with E-state index in [1.54, 1.807) is 17.0 Å². The van der Waals surface area contributed by atoms with Gasteiger partial charge >= 0.3 is 5.97 Å². The van der Waals surface area contributed by atoms with Crippen molar-refractivity contribution in [1.82, 2.24) is 0 Å². The standard InChI is InChI=1S/C23H20ClNO3S/c24-18-11-9-15(10-12-18)14-25(22(26)17-7-4-8-17)19-13-20(29-21(19)23(27)28)16-5-2-1-3-6-16/h1-3,5-6,9-13,17H,4,7-8,14H2,(H,27,28). The first-order valence-electron chi connectivity index (χ1n) is 9.51. The molecule has 0 unspecified atom stereocenters. The lowest BCUT2D eigenvalue weighted by Gasteiger charge is -2.31. The van der Waals surface area contributed by atoms with E-state index in [1.165, 1.54) is 11.3 Å². The quantitative estimate of drug-likeness (QED) is 0.519. The molecule has 0 aliphatic heterocycles. The zero-order valence-corrected chi connectivity index (χ0v) is 17.2. The summed E-state index contributed by atoms with van der Waals surface area (Å²) in [6.07, 6.45) is 2.75. The highest BCUT2D eigenvalue weighted by Gasteiger charge is 2.33. The van der Waals surface area contributed by atoms with E-state index >= 15 is 0 Å². The number of thiophene rings is 1. The van der Waals surface area contributed by atoms with Crippen LogP contribution in [0.5, 0.6) is 0 Å². The van der Waals surface area contributed by atoms with Crippen molar-refractivity contribution in [3.8, 4) is 10.4 Å². The van der Waals surface area contributed by atoms with Gasteiger partial charge in [0.15, 0.2) is 0 Å². The highest BCUT2D eigenvalue weighted by molar-refractivity contribution is 7.18. The Hall–Kier alpha value is -2.63. The molecule has 1 heterocycles. The number of carbonyl (C=O) groups is 2. The van der Waals surface area contributed by atoms with Gasteiger partial charge in [-0.3, -0.25) is 4.79 Å². The monoisotopic (exact) mass is 425 g/mol. The Labute approximate surface area is 178 Å². The summed E-state index contributed by atoms with van der Waals surface area (Å²) in [5.41, 5.74) is 2.31. The smallest absolute Gasteiger partial charge is 0.348 e. The van der Waals surface area contributed by atoms with Gasteiger partial charge in [0.05, 0.1) is 12.2 Å². The van der Waals surface area contributed by atoms with Gasteiger partial charge in [-0.25, -0.2) is 4.79 Å². The summed E-state index contributed by atoms with van der Waals surface area (Å²) in [5, 5.41) is 10.4. The Bertz CT molecular complexity index is 1030. The van der Waals surface area contributed by atoms with E-state index in [9.17, 15) is 14.7 Å². The molecule has 1 fully saturated rings. The summed E-state index contributed by atoms with van der Waals surface area (Å²) in [7, 11) is 0. The Morgan fingerprint density at radius 1 is 1.07 bits per heavy atom. The molecule has 6 heteroatoms. The van der Waals surface area contributed by atoms with Crippen LogP contribution in [-0.2, 0) is 11.3 Å². The fraction of sp³-hybridized carbons (Fsp3) is 0.217. The minimum Gasteiger partial charge on any atom is -0.477 e. The number of benzene rings is 2. The van der Waals surface area contributed by atoms with E-state index in [4.69, 9.17) is 11.6 Å². The zero-order valence-electron chi connectivity index (χ0n) is 15.7. The summed E-state index contributed by atoms with van der Waals surface area (Å²) in [6, 6.07) is 18.8. The molecule has 0 radical (unpaired) electrons. The number of aromatic carboxylic acids is 1. The Morgan fingerprint density at radius 2 is 1.76 bits per heavy atom.